The smallest absolute Gasteiger partial charge is 0.391 e. The minimum absolute atomic E-state index is 0.169. The third-order valence-electron chi connectivity index (χ3n) is 4.45. The Morgan fingerprint density at radius 3 is 2.61 bits per heavy atom. The van der Waals surface area contributed by atoms with Crippen LogP contribution >= 0.6 is 11.6 Å². The van der Waals surface area contributed by atoms with Crippen molar-refractivity contribution in [3.05, 3.63) is 59.8 Å². The zero-order valence-electron chi connectivity index (χ0n) is 16.0. The lowest BCUT2D eigenvalue weighted by Crippen LogP contribution is -2.20. The number of aliphatic hydroxyl groups is 1. The molecule has 1 atom stereocenters. The molecule has 0 unspecified atom stereocenters. The quantitative estimate of drug-likeness (QED) is 0.474. The fourth-order valence-electron chi connectivity index (χ4n) is 3.23. The van der Waals surface area contributed by atoms with Gasteiger partial charge in [0.25, 0.3) is 0 Å². The maximum Gasteiger partial charge on any atom is 0.433 e. The third-order valence-corrected chi connectivity index (χ3v) is 4.78. The molecule has 31 heavy (non-hydrogen) atoms. The van der Waals surface area contributed by atoms with E-state index in [1.165, 1.54) is 25.5 Å². The van der Waals surface area contributed by atoms with Crippen molar-refractivity contribution >= 4 is 11.6 Å². The Morgan fingerprint density at radius 1 is 1.19 bits per heavy atom. The van der Waals surface area contributed by atoms with Crippen LogP contribution < -0.4 is 0 Å². The van der Waals surface area contributed by atoms with E-state index in [9.17, 15) is 18.3 Å². The van der Waals surface area contributed by atoms with Gasteiger partial charge < -0.3 is 9.63 Å². The van der Waals surface area contributed by atoms with Crippen LogP contribution in [0, 0.1) is 0 Å². The van der Waals surface area contributed by atoms with Crippen molar-refractivity contribution in [1.82, 2.24) is 24.9 Å². The molecular weight excluding hydrogens is 435 g/mol. The van der Waals surface area contributed by atoms with Gasteiger partial charge in [-0.3, -0.25) is 4.68 Å². The summed E-state index contributed by atoms with van der Waals surface area (Å²) in [5.41, 5.74) is -0.165. The van der Waals surface area contributed by atoms with Gasteiger partial charge in [-0.2, -0.15) is 18.3 Å². The Hall–Kier alpha value is -3.24. The molecule has 3 heterocycles. The van der Waals surface area contributed by atoms with E-state index in [1.807, 2.05) is 0 Å². The summed E-state index contributed by atoms with van der Waals surface area (Å²) in [6, 6.07) is 8.29. The predicted octanol–water partition coefficient (Wildman–Crippen LogP) is 4.72. The highest BCUT2D eigenvalue weighted by Crippen LogP contribution is 2.45. The van der Waals surface area contributed by atoms with E-state index in [4.69, 9.17) is 16.1 Å². The molecule has 3 aromatic heterocycles. The number of aromatic nitrogens is 5. The van der Waals surface area contributed by atoms with Gasteiger partial charge in [-0.15, -0.1) is 0 Å². The number of aliphatic hydroxyl groups excluding tert-OH is 1. The SMILES string of the molecule is C[C@@H](O)Cn1ncc(-c2onc(-c3ccccc3Cl)c2-c2ccncn2)c1C(F)(F)F. The second kappa shape index (κ2) is 8.12. The Bertz CT molecular complexity index is 1210. The molecule has 0 aliphatic heterocycles. The highest BCUT2D eigenvalue weighted by atomic mass is 35.5. The number of nitrogens with zero attached hydrogens (tertiary/aromatic N) is 5. The molecule has 0 radical (unpaired) electrons. The summed E-state index contributed by atoms with van der Waals surface area (Å²) in [6.07, 6.45) is -2.04. The third kappa shape index (κ3) is 4.04. The largest absolute Gasteiger partial charge is 0.433 e. The van der Waals surface area contributed by atoms with E-state index in [2.05, 4.69) is 20.2 Å². The van der Waals surface area contributed by atoms with Gasteiger partial charge >= 0.3 is 6.18 Å². The molecule has 7 nitrogen and oxygen atoms in total. The van der Waals surface area contributed by atoms with Gasteiger partial charge in [-0.25, -0.2) is 9.97 Å². The van der Waals surface area contributed by atoms with Gasteiger partial charge in [-0.05, 0) is 19.1 Å². The standard InChI is InChI=1S/C20H15ClF3N5O2/c1-11(30)9-29-19(20(22,23)24)13(8-27-29)18-16(15-6-7-25-10-26-15)17(28-31-18)12-4-2-3-5-14(12)21/h2-8,10-11,30H,9H2,1H3/t11-/m1/s1. The fourth-order valence-corrected chi connectivity index (χ4v) is 3.45. The second-order valence-corrected chi connectivity index (χ2v) is 7.15. The lowest BCUT2D eigenvalue weighted by Gasteiger charge is -2.13. The molecule has 0 bridgehead atoms. The Morgan fingerprint density at radius 2 is 1.97 bits per heavy atom. The molecule has 4 rings (SSSR count). The fraction of sp³-hybridized carbons (Fsp3) is 0.200. The summed E-state index contributed by atoms with van der Waals surface area (Å²) in [4.78, 5) is 8.03. The number of benzene rings is 1. The minimum Gasteiger partial charge on any atom is -0.391 e. The van der Waals surface area contributed by atoms with Gasteiger partial charge in [0, 0.05) is 11.8 Å². The molecular formula is C20H15ClF3N5O2. The molecule has 0 fully saturated rings. The average Bonchev–Trinajstić information content (AvgIpc) is 3.32. The highest BCUT2D eigenvalue weighted by molar-refractivity contribution is 6.33. The van der Waals surface area contributed by atoms with Crippen LogP contribution in [0.5, 0.6) is 0 Å². The second-order valence-electron chi connectivity index (χ2n) is 6.75. The van der Waals surface area contributed by atoms with Crippen molar-refractivity contribution in [3.8, 4) is 33.8 Å². The molecule has 0 amide bonds. The maximum atomic E-state index is 14.0. The average molecular weight is 450 g/mol. The molecule has 0 saturated carbocycles. The molecule has 11 heteroatoms. The summed E-state index contributed by atoms with van der Waals surface area (Å²) in [7, 11) is 0. The summed E-state index contributed by atoms with van der Waals surface area (Å²) in [5.74, 6) is -0.169. The van der Waals surface area contributed by atoms with Gasteiger partial charge in [-0.1, -0.05) is 35.0 Å². The summed E-state index contributed by atoms with van der Waals surface area (Å²) in [5, 5.41) is 17.8. The van der Waals surface area contributed by atoms with Gasteiger partial charge in [0.2, 0.25) is 0 Å². The van der Waals surface area contributed by atoms with Gasteiger partial charge in [0.1, 0.15) is 12.0 Å². The number of halogens is 4. The van der Waals surface area contributed by atoms with E-state index < -0.39 is 18.0 Å². The molecule has 160 valence electrons. The van der Waals surface area contributed by atoms with Crippen LogP contribution in [-0.4, -0.2) is 36.1 Å². The molecule has 4 aromatic rings. The maximum absolute atomic E-state index is 14.0. The van der Waals surface area contributed by atoms with E-state index in [0.717, 1.165) is 6.20 Å². The van der Waals surface area contributed by atoms with Crippen LogP contribution in [0.15, 0.2) is 53.6 Å². The van der Waals surface area contributed by atoms with E-state index >= 15 is 0 Å². The normalized spacial score (nSPS) is 12.8. The number of hydrogen-bond acceptors (Lipinski definition) is 6. The van der Waals surface area contributed by atoms with Crippen LogP contribution in [0.3, 0.4) is 0 Å². The number of hydrogen-bond donors (Lipinski definition) is 1. The van der Waals surface area contributed by atoms with Crippen molar-refractivity contribution in [2.75, 3.05) is 0 Å². The molecule has 0 saturated heterocycles. The first-order valence-corrected chi connectivity index (χ1v) is 9.47. The van der Waals surface area contributed by atoms with E-state index in [0.29, 0.717) is 21.0 Å². The predicted molar refractivity (Wildman–Crippen MR) is 106 cm³/mol. The zero-order chi connectivity index (χ0) is 22.2. The van der Waals surface area contributed by atoms with Crippen molar-refractivity contribution in [2.24, 2.45) is 0 Å². The van der Waals surface area contributed by atoms with Crippen LogP contribution in [0.1, 0.15) is 12.6 Å². The van der Waals surface area contributed by atoms with Crippen molar-refractivity contribution in [2.45, 2.75) is 25.7 Å². The zero-order valence-corrected chi connectivity index (χ0v) is 16.8. The van der Waals surface area contributed by atoms with Crippen LogP contribution in [0.25, 0.3) is 33.8 Å². The lowest BCUT2D eigenvalue weighted by molar-refractivity contribution is -0.144. The summed E-state index contributed by atoms with van der Waals surface area (Å²) < 4.78 is 48.0. The Labute approximate surface area is 179 Å². The van der Waals surface area contributed by atoms with Crippen molar-refractivity contribution < 1.29 is 22.8 Å². The first kappa shape index (κ1) is 21.0. The summed E-state index contributed by atoms with van der Waals surface area (Å²) >= 11 is 6.30. The molecule has 1 N–H and O–H groups in total. The molecule has 0 aliphatic rings. The van der Waals surface area contributed by atoms with Crippen LogP contribution in [0.4, 0.5) is 13.2 Å². The monoisotopic (exact) mass is 449 g/mol. The lowest BCUT2D eigenvalue weighted by atomic mass is 9.99. The van der Waals surface area contributed by atoms with E-state index in [-0.39, 0.29) is 29.1 Å². The minimum atomic E-state index is -4.76. The van der Waals surface area contributed by atoms with Gasteiger partial charge in [0.15, 0.2) is 11.5 Å². The van der Waals surface area contributed by atoms with Gasteiger partial charge in [0.05, 0.1) is 40.7 Å². The first-order valence-electron chi connectivity index (χ1n) is 9.09. The van der Waals surface area contributed by atoms with Crippen LogP contribution in [-0.2, 0) is 12.7 Å². The molecule has 0 spiro atoms. The van der Waals surface area contributed by atoms with E-state index in [1.54, 1.807) is 24.3 Å². The highest BCUT2D eigenvalue weighted by Gasteiger charge is 2.41. The number of alkyl halides is 3. The number of rotatable bonds is 5. The van der Waals surface area contributed by atoms with Crippen molar-refractivity contribution in [1.29, 1.82) is 0 Å². The van der Waals surface area contributed by atoms with Crippen molar-refractivity contribution in [3.63, 3.8) is 0 Å². The Kier molecular flexibility index (Phi) is 5.50. The molecule has 0 aliphatic carbocycles. The topological polar surface area (TPSA) is 89.9 Å². The Balaban J connectivity index is 2.00. The summed E-state index contributed by atoms with van der Waals surface area (Å²) in [6.45, 7) is 1.03. The molecule has 1 aromatic carbocycles. The van der Waals surface area contributed by atoms with Crippen LogP contribution in [0.2, 0.25) is 5.02 Å². The first-order chi connectivity index (χ1) is 14.8.